The van der Waals surface area contributed by atoms with Crippen molar-refractivity contribution in [1.29, 1.82) is 0 Å². The fourth-order valence-corrected chi connectivity index (χ4v) is 3.12. The number of hydrogen-bond donors (Lipinski definition) is 2. The van der Waals surface area contributed by atoms with Gasteiger partial charge in [-0.05, 0) is 36.5 Å². The van der Waals surface area contributed by atoms with Crippen molar-refractivity contribution in [3.8, 4) is 0 Å². The lowest BCUT2D eigenvalue weighted by Gasteiger charge is -2.28. The second-order valence-corrected chi connectivity index (χ2v) is 5.74. The van der Waals surface area contributed by atoms with E-state index in [0.717, 1.165) is 5.02 Å². The lowest BCUT2D eigenvalue weighted by atomic mass is 9.83. The highest BCUT2D eigenvalue weighted by atomic mass is 35.5. The molecular formula is C15H23ClN2. The van der Waals surface area contributed by atoms with Gasteiger partial charge >= 0.3 is 0 Å². The third-order valence-corrected chi connectivity index (χ3v) is 4.28. The normalized spacial score (nSPS) is 20.1. The molecular weight excluding hydrogens is 244 g/mol. The predicted molar refractivity (Wildman–Crippen MR) is 77.3 cm³/mol. The van der Waals surface area contributed by atoms with E-state index in [0.29, 0.717) is 5.92 Å². The SMILES string of the molecule is NNC(c1ccc(Cl)cc1)C1CCCCCCC1. The summed E-state index contributed by atoms with van der Waals surface area (Å²) in [6.45, 7) is 0. The minimum Gasteiger partial charge on any atom is -0.271 e. The highest BCUT2D eigenvalue weighted by molar-refractivity contribution is 6.30. The van der Waals surface area contributed by atoms with Crippen molar-refractivity contribution in [2.24, 2.45) is 11.8 Å². The molecule has 100 valence electrons. The van der Waals surface area contributed by atoms with Crippen LogP contribution in [0.5, 0.6) is 0 Å². The Bertz CT molecular complexity index is 342. The molecule has 1 atom stereocenters. The largest absolute Gasteiger partial charge is 0.271 e. The average molecular weight is 267 g/mol. The maximum absolute atomic E-state index is 5.94. The standard InChI is InChI=1S/C15H23ClN2/c16-14-10-8-13(9-11-14)15(18-17)12-6-4-2-1-3-5-7-12/h8-12,15,18H,1-7,17H2. The Kier molecular flexibility index (Phi) is 5.48. The van der Waals surface area contributed by atoms with Crippen molar-refractivity contribution in [3.05, 3.63) is 34.9 Å². The van der Waals surface area contributed by atoms with Gasteiger partial charge < -0.3 is 0 Å². The zero-order chi connectivity index (χ0) is 12.8. The van der Waals surface area contributed by atoms with E-state index < -0.39 is 0 Å². The molecule has 0 radical (unpaired) electrons. The van der Waals surface area contributed by atoms with Crippen LogP contribution in [0.3, 0.4) is 0 Å². The van der Waals surface area contributed by atoms with Gasteiger partial charge in [0.15, 0.2) is 0 Å². The van der Waals surface area contributed by atoms with Crippen molar-refractivity contribution in [2.45, 2.75) is 51.0 Å². The molecule has 0 aromatic heterocycles. The van der Waals surface area contributed by atoms with Gasteiger partial charge in [0.1, 0.15) is 0 Å². The summed E-state index contributed by atoms with van der Waals surface area (Å²) in [6.07, 6.45) is 9.35. The van der Waals surface area contributed by atoms with E-state index >= 15 is 0 Å². The Morgan fingerprint density at radius 1 is 1.00 bits per heavy atom. The van der Waals surface area contributed by atoms with Crippen LogP contribution >= 0.6 is 11.6 Å². The fourth-order valence-electron chi connectivity index (χ4n) is 3.00. The summed E-state index contributed by atoms with van der Waals surface area (Å²) < 4.78 is 0. The minimum absolute atomic E-state index is 0.264. The molecule has 1 aromatic rings. The highest BCUT2D eigenvalue weighted by Gasteiger charge is 2.22. The average Bonchev–Trinajstić information content (AvgIpc) is 2.34. The number of nitrogens with one attached hydrogen (secondary N) is 1. The number of hydrogen-bond acceptors (Lipinski definition) is 2. The van der Waals surface area contributed by atoms with Gasteiger partial charge in [-0.2, -0.15) is 0 Å². The summed E-state index contributed by atoms with van der Waals surface area (Å²) in [4.78, 5) is 0. The Morgan fingerprint density at radius 3 is 2.11 bits per heavy atom. The van der Waals surface area contributed by atoms with Crippen LogP contribution in [-0.2, 0) is 0 Å². The monoisotopic (exact) mass is 266 g/mol. The zero-order valence-corrected chi connectivity index (χ0v) is 11.6. The second kappa shape index (κ2) is 7.13. The second-order valence-electron chi connectivity index (χ2n) is 5.30. The maximum atomic E-state index is 5.94. The van der Waals surface area contributed by atoms with E-state index in [1.165, 1.54) is 50.5 Å². The Labute approximate surface area is 115 Å². The number of hydrazine groups is 1. The molecule has 3 heteroatoms. The topological polar surface area (TPSA) is 38.0 Å². The van der Waals surface area contributed by atoms with Gasteiger partial charge in [-0.1, -0.05) is 55.8 Å². The van der Waals surface area contributed by atoms with Gasteiger partial charge in [-0.15, -0.1) is 0 Å². The first kappa shape index (κ1) is 13.9. The van der Waals surface area contributed by atoms with Crippen molar-refractivity contribution in [1.82, 2.24) is 5.43 Å². The molecule has 0 amide bonds. The first-order valence-electron chi connectivity index (χ1n) is 7.03. The maximum Gasteiger partial charge on any atom is 0.0488 e. The van der Waals surface area contributed by atoms with Crippen molar-refractivity contribution in [2.75, 3.05) is 0 Å². The number of benzene rings is 1. The van der Waals surface area contributed by atoms with Gasteiger partial charge in [0, 0.05) is 11.1 Å². The van der Waals surface area contributed by atoms with Crippen LogP contribution in [0.4, 0.5) is 0 Å². The number of halogens is 1. The molecule has 0 heterocycles. The molecule has 1 aliphatic rings. The molecule has 2 rings (SSSR count). The van der Waals surface area contributed by atoms with Crippen LogP contribution in [0.2, 0.25) is 5.02 Å². The van der Waals surface area contributed by atoms with Crippen LogP contribution in [-0.4, -0.2) is 0 Å². The molecule has 18 heavy (non-hydrogen) atoms. The van der Waals surface area contributed by atoms with E-state index in [1.54, 1.807) is 0 Å². The third-order valence-electron chi connectivity index (χ3n) is 4.03. The molecule has 1 saturated carbocycles. The molecule has 0 bridgehead atoms. The number of rotatable bonds is 3. The Morgan fingerprint density at radius 2 is 1.56 bits per heavy atom. The van der Waals surface area contributed by atoms with E-state index in [9.17, 15) is 0 Å². The summed E-state index contributed by atoms with van der Waals surface area (Å²) >= 11 is 5.94. The summed E-state index contributed by atoms with van der Waals surface area (Å²) in [5.41, 5.74) is 4.27. The first-order chi connectivity index (χ1) is 8.81. The van der Waals surface area contributed by atoms with Gasteiger partial charge in [0.05, 0.1) is 0 Å². The van der Waals surface area contributed by atoms with Crippen LogP contribution in [0.15, 0.2) is 24.3 Å². The molecule has 1 unspecified atom stereocenters. The first-order valence-corrected chi connectivity index (χ1v) is 7.40. The predicted octanol–water partition coefficient (Wildman–Crippen LogP) is 4.20. The number of nitrogens with two attached hydrogens (primary N) is 1. The molecule has 0 saturated heterocycles. The van der Waals surface area contributed by atoms with Crippen LogP contribution in [0.25, 0.3) is 0 Å². The van der Waals surface area contributed by atoms with Gasteiger partial charge in [-0.25, -0.2) is 0 Å². The van der Waals surface area contributed by atoms with Crippen LogP contribution in [0.1, 0.15) is 56.6 Å². The van der Waals surface area contributed by atoms with Crippen molar-refractivity contribution in [3.63, 3.8) is 0 Å². The molecule has 0 spiro atoms. The van der Waals surface area contributed by atoms with E-state index in [4.69, 9.17) is 17.4 Å². The third kappa shape index (κ3) is 3.71. The lowest BCUT2D eigenvalue weighted by Crippen LogP contribution is -2.34. The molecule has 2 nitrogen and oxygen atoms in total. The smallest absolute Gasteiger partial charge is 0.0488 e. The molecule has 1 aliphatic carbocycles. The summed E-state index contributed by atoms with van der Waals surface area (Å²) in [6, 6.07) is 8.34. The highest BCUT2D eigenvalue weighted by Crippen LogP contribution is 2.32. The van der Waals surface area contributed by atoms with Gasteiger partial charge in [0.2, 0.25) is 0 Å². The Hall–Kier alpha value is -0.570. The van der Waals surface area contributed by atoms with E-state index in [1.807, 2.05) is 12.1 Å². The molecule has 0 aliphatic heterocycles. The summed E-state index contributed by atoms with van der Waals surface area (Å²) in [5, 5.41) is 0.784. The quantitative estimate of drug-likeness (QED) is 0.635. The lowest BCUT2D eigenvalue weighted by molar-refractivity contribution is 0.290. The summed E-state index contributed by atoms with van der Waals surface area (Å²) in [5.74, 6) is 6.43. The van der Waals surface area contributed by atoms with Crippen LogP contribution in [0, 0.1) is 5.92 Å². The van der Waals surface area contributed by atoms with Crippen molar-refractivity contribution >= 4 is 11.6 Å². The molecule has 3 N–H and O–H groups in total. The summed E-state index contributed by atoms with van der Waals surface area (Å²) in [7, 11) is 0. The van der Waals surface area contributed by atoms with Gasteiger partial charge in [-0.3, -0.25) is 11.3 Å². The fraction of sp³-hybridized carbons (Fsp3) is 0.600. The van der Waals surface area contributed by atoms with Gasteiger partial charge in [0.25, 0.3) is 0 Å². The van der Waals surface area contributed by atoms with E-state index in [2.05, 4.69) is 17.6 Å². The van der Waals surface area contributed by atoms with Crippen LogP contribution < -0.4 is 11.3 Å². The zero-order valence-electron chi connectivity index (χ0n) is 10.9. The molecule has 1 fully saturated rings. The molecule has 1 aromatic carbocycles. The van der Waals surface area contributed by atoms with Crippen molar-refractivity contribution < 1.29 is 0 Å². The Balaban J connectivity index is 2.08. The van der Waals surface area contributed by atoms with E-state index in [-0.39, 0.29) is 6.04 Å². The minimum atomic E-state index is 0.264.